The lowest BCUT2D eigenvalue weighted by Gasteiger charge is -2.43. The van der Waals surface area contributed by atoms with Gasteiger partial charge in [0.25, 0.3) is 0 Å². The summed E-state index contributed by atoms with van der Waals surface area (Å²) in [5.41, 5.74) is 11.0. The normalized spacial score (nSPS) is 22.3. The number of hydrogen-bond acceptors (Lipinski definition) is 6. The molecule has 3 N–H and O–H groups in total. The minimum atomic E-state index is -0.935. The van der Waals surface area contributed by atoms with Crippen molar-refractivity contribution in [2.24, 2.45) is 18.2 Å². The topological polar surface area (TPSA) is 93.1 Å². The minimum Gasteiger partial charge on any atom is -0.383 e. The molecule has 3 aromatic rings. The summed E-state index contributed by atoms with van der Waals surface area (Å²) >= 11 is 12.8. The van der Waals surface area contributed by atoms with Crippen molar-refractivity contribution in [1.82, 2.24) is 19.7 Å². The molecule has 0 radical (unpaired) electrons. The number of fused-ring (bicyclic) bond motifs is 1. The summed E-state index contributed by atoms with van der Waals surface area (Å²) < 4.78 is 1.86. The lowest BCUT2D eigenvalue weighted by molar-refractivity contribution is 0.145. The molecule has 0 bridgehead atoms. The molecule has 7 nitrogen and oxygen atoms in total. The molecule has 2 aromatic heterocycles. The fraction of sp³-hybridized carbons (Fsp3) is 0.480. The number of rotatable bonds is 3. The Kier molecular flexibility index (Phi) is 5.02. The van der Waals surface area contributed by atoms with Crippen LogP contribution in [0.25, 0.3) is 11.3 Å². The first-order valence-electron chi connectivity index (χ1n) is 11.8. The van der Waals surface area contributed by atoms with Crippen LogP contribution in [0.15, 0.2) is 24.4 Å². The highest BCUT2D eigenvalue weighted by Gasteiger charge is 2.50. The highest BCUT2D eigenvalue weighted by atomic mass is 35.5. The van der Waals surface area contributed by atoms with Gasteiger partial charge in [-0.15, -0.1) is 0 Å². The smallest absolute Gasteiger partial charge is 0.153 e. The van der Waals surface area contributed by atoms with E-state index in [9.17, 15) is 5.11 Å². The van der Waals surface area contributed by atoms with Crippen LogP contribution in [0.1, 0.15) is 54.4 Å². The highest BCUT2D eigenvalue weighted by Crippen LogP contribution is 2.52. The Bertz CT molecular complexity index is 1290. The zero-order valence-electron chi connectivity index (χ0n) is 19.4. The summed E-state index contributed by atoms with van der Waals surface area (Å²) in [6.07, 6.45) is 6.26. The maximum absolute atomic E-state index is 11.1. The number of aliphatic hydroxyl groups is 1. The van der Waals surface area contributed by atoms with Gasteiger partial charge in [0, 0.05) is 43.5 Å². The van der Waals surface area contributed by atoms with Crippen LogP contribution in [0.4, 0.5) is 5.82 Å². The van der Waals surface area contributed by atoms with Gasteiger partial charge >= 0.3 is 0 Å². The SMILES string of the molecule is Cc1nc(N2CCC3(CC2)Cc2nn(C)cc2[C@H]3N)c(C2(O)CC2)nc1-c1cccc(Cl)c1Cl. The van der Waals surface area contributed by atoms with E-state index in [1.165, 1.54) is 5.56 Å². The first-order valence-corrected chi connectivity index (χ1v) is 12.6. The van der Waals surface area contributed by atoms with Gasteiger partial charge in [-0.05, 0) is 50.5 Å². The number of piperidine rings is 1. The van der Waals surface area contributed by atoms with Crippen LogP contribution in [0.5, 0.6) is 0 Å². The second kappa shape index (κ2) is 7.65. The molecule has 9 heteroatoms. The number of nitrogens with zero attached hydrogens (tertiary/aromatic N) is 5. The Labute approximate surface area is 208 Å². The van der Waals surface area contributed by atoms with Gasteiger partial charge in [0.05, 0.1) is 27.1 Å². The van der Waals surface area contributed by atoms with Crippen LogP contribution >= 0.6 is 23.2 Å². The van der Waals surface area contributed by atoms with Crippen molar-refractivity contribution in [2.75, 3.05) is 18.0 Å². The molecule has 0 amide bonds. The highest BCUT2D eigenvalue weighted by molar-refractivity contribution is 6.43. The summed E-state index contributed by atoms with van der Waals surface area (Å²) in [5.74, 6) is 0.775. The fourth-order valence-electron chi connectivity index (χ4n) is 5.71. The van der Waals surface area contributed by atoms with Crippen LogP contribution in [0.3, 0.4) is 0 Å². The number of hydrogen-bond donors (Lipinski definition) is 2. The third-order valence-electron chi connectivity index (χ3n) is 7.93. The average Bonchev–Trinajstić information content (AvgIpc) is 3.39. The maximum Gasteiger partial charge on any atom is 0.153 e. The van der Waals surface area contributed by atoms with Gasteiger partial charge in [-0.2, -0.15) is 5.10 Å². The zero-order chi connectivity index (χ0) is 23.8. The van der Waals surface area contributed by atoms with E-state index < -0.39 is 5.60 Å². The summed E-state index contributed by atoms with van der Waals surface area (Å²) in [6, 6.07) is 5.51. The maximum atomic E-state index is 11.1. The van der Waals surface area contributed by atoms with E-state index in [4.69, 9.17) is 38.9 Å². The Hall–Kier alpha value is -2.19. The summed E-state index contributed by atoms with van der Waals surface area (Å²) in [4.78, 5) is 12.2. The molecule has 34 heavy (non-hydrogen) atoms. The van der Waals surface area contributed by atoms with Gasteiger partial charge in [-0.1, -0.05) is 35.3 Å². The Morgan fingerprint density at radius 2 is 1.85 bits per heavy atom. The van der Waals surface area contributed by atoms with Crippen molar-refractivity contribution >= 4 is 29.0 Å². The predicted molar refractivity (Wildman–Crippen MR) is 133 cm³/mol. The van der Waals surface area contributed by atoms with E-state index in [-0.39, 0.29) is 11.5 Å². The number of aromatic nitrogens is 4. The average molecular weight is 499 g/mol. The number of nitrogens with two attached hydrogens (primary N) is 1. The van der Waals surface area contributed by atoms with Crippen LogP contribution in [0, 0.1) is 12.3 Å². The molecule has 1 atom stereocenters. The predicted octanol–water partition coefficient (Wildman–Crippen LogP) is 4.32. The van der Waals surface area contributed by atoms with Crippen molar-refractivity contribution in [3.8, 4) is 11.3 Å². The number of anilines is 1. The van der Waals surface area contributed by atoms with E-state index in [0.717, 1.165) is 55.1 Å². The van der Waals surface area contributed by atoms with Gasteiger partial charge < -0.3 is 15.7 Å². The lowest BCUT2D eigenvalue weighted by atomic mass is 9.73. The summed E-state index contributed by atoms with van der Waals surface area (Å²) in [7, 11) is 1.95. The molecule has 3 heterocycles. The van der Waals surface area contributed by atoms with Crippen molar-refractivity contribution in [3.63, 3.8) is 0 Å². The van der Waals surface area contributed by atoms with Crippen LogP contribution in [-0.4, -0.2) is 37.9 Å². The van der Waals surface area contributed by atoms with E-state index in [1.54, 1.807) is 6.07 Å². The van der Waals surface area contributed by atoms with Crippen molar-refractivity contribution < 1.29 is 5.11 Å². The molecule has 1 aliphatic heterocycles. The van der Waals surface area contributed by atoms with Gasteiger partial charge in [0.1, 0.15) is 11.3 Å². The van der Waals surface area contributed by atoms with Gasteiger partial charge in [0.15, 0.2) is 5.82 Å². The molecule has 1 saturated carbocycles. The van der Waals surface area contributed by atoms with E-state index in [1.807, 2.05) is 30.8 Å². The lowest BCUT2D eigenvalue weighted by Crippen LogP contribution is -2.45. The third-order valence-corrected chi connectivity index (χ3v) is 8.75. The second-order valence-electron chi connectivity index (χ2n) is 10.2. The largest absolute Gasteiger partial charge is 0.383 e. The van der Waals surface area contributed by atoms with Gasteiger partial charge in [-0.25, -0.2) is 9.97 Å². The molecule has 178 valence electrons. The quantitative estimate of drug-likeness (QED) is 0.558. The minimum absolute atomic E-state index is 0.00519. The van der Waals surface area contributed by atoms with E-state index in [0.29, 0.717) is 34.3 Å². The molecule has 1 spiro atoms. The fourth-order valence-corrected chi connectivity index (χ4v) is 6.10. The molecule has 0 unspecified atom stereocenters. The first kappa shape index (κ1) is 22.3. The Balaban J connectivity index is 1.32. The molecule has 2 aliphatic carbocycles. The Morgan fingerprint density at radius 3 is 2.53 bits per heavy atom. The summed E-state index contributed by atoms with van der Waals surface area (Å²) in [6.45, 7) is 3.57. The third kappa shape index (κ3) is 3.36. The molecule has 3 aliphatic rings. The van der Waals surface area contributed by atoms with Crippen LogP contribution in [0.2, 0.25) is 10.0 Å². The van der Waals surface area contributed by atoms with Crippen molar-refractivity contribution in [3.05, 3.63) is 57.1 Å². The number of benzene rings is 1. The van der Waals surface area contributed by atoms with Crippen molar-refractivity contribution in [1.29, 1.82) is 0 Å². The molecule has 2 fully saturated rings. The Morgan fingerprint density at radius 1 is 1.12 bits per heavy atom. The van der Waals surface area contributed by atoms with Crippen LogP contribution < -0.4 is 10.6 Å². The number of aryl methyl sites for hydroxylation is 2. The van der Waals surface area contributed by atoms with Gasteiger partial charge in [0.2, 0.25) is 0 Å². The first-order chi connectivity index (χ1) is 16.2. The standard InChI is InChI=1S/C25H28Cl2N6O/c1-14-20(15-4-3-5-17(26)19(15)27)30-22(25(34)6-7-25)23(29-14)33-10-8-24(9-11-33)12-18-16(21(24)28)13-32(2)31-18/h3-5,13,21,34H,6-12,28H2,1-2H3/t21-/m1/s1. The summed E-state index contributed by atoms with van der Waals surface area (Å²) in [5, 5.41) is 16.7. The van der Waals surface area contributed by atoms with E-state index >= 15 is 0 Å². The second-order valence-corrected chi connectivity index (χ2v) is 11.0. The number of halogens is 2. The molecule has 1 aromatic carbocycles. The molecular weight excluding hydrogens is 471 g/mol. The monoisotopic (exact) mass is 498 g/mol. The van der Waals surface area contributed by atoms with Gasteiger partial charge in [-0.3, -0.25) is 4.68 Å². The molecule has 6 rings (SSSR count). The van der Waals surface area contributed by atoms with Crippen molar-refractivity contribution in [2.45, 2.75) is 50.7 Å². The zero-order valence-corrected chi connectivity index (χ0v) is 20.9. The molecular formula is C25H28Cl2N6O. The van der Waals surface area contributed by atoms with E-state index in [2.05, 4.69) is 16.2 Å². The molecule has 1 saturated heterocycles. The van der Waals surface area contributed by atoms with Crippen LogP contribution in [-0.2, 0) is 19.1 Å².